The zero-order chi connectivity index (χ0) is 16.9. The molecule has 2 heterocycles. The maximum Gasteiger partial charge on any atom is 0.318 e. The maximum absolute atomic E-state index is 12.3. The maximum atomic E-state index is 12.3. The van der Waals surface area contributed by atoms with E-state index in [0.717, 1.165) is 19.3 Å². The van der Waals surface area contributed by atoms with Gasteiger partial charge in [0.1, 0.15) is 0 Å². The normalized spacial score (nSPS) is 17.8. The van der Waals surface area contributed by atoms with E-state index in [4.69, 9.17) is 16.1 Å². The number of piperidine rings is 1. The molecular formula is C16H19ClN4O3. The minimum absolute atomic E-state index is 0.0232. The lowest BCUT2D eigenvalue weighted by molar-refractivity contribution is 0.107. The van der Waals surface area contributed by atoms with Crippen molar-refractivity contribution in [2.75, 3.05) is 13.2 Å². The minimum atomic E-state index is -0.230. The van der Waals surface area contributed by atoms with Crippen molar-refractivity contribution in [3.8, 4) is 11.4 Å². The SMILES string of the molecule is O=C(NCc1nc(-c2ccccc2Cl)no1)N1CCCC[C@H]1CO. The molecule has 1 aliphatic rings. The third-order valence-electron chi connectivity index (χ3n) is 4.07. The van der Waals surface area contributed by atoms with E-state index in [2.05, 4.69) is 15.5 Å². The molecule has 2 aromatic rings. The van der Waals surface area contributed by atoms with E-state index in [1.54, 1.807) is 17.0 Å². The Labute approximate surface area is 144 Å². The second-order valence-electron chi connectivity index (χ2n) is 5.68. The number of halogens is 1. The number of rotatable bonds is 4. The van der Waals surface area contributed by atoms with E-state index in [-0.39, 0.29) is 25.2 Å². The second kappa shape index (κ2) is 7.63. The number of amides is 2. The number of carbonyl (C=O) groups is 1. The van der Waals surface area contributed by atoms with Gasteiger partial charge in [0.25, 0.3) is 0 Å². The summed E-state index contributed by atoms with van der Waals surface area (Å²) in [4.78, 5) is 18.2. The number of nitrogens with one attached hydrogen (secondary N) is 1. The van der Waals surface area contributed by atoms with E-state index in [0.29, 0.717) is 28.8 Å². The molecule has 1 aromatic carbocycles. The number of nitrogens with zero attached hydrogens (tertiary/aromatic N) is 3. The number of benzene rings is 1. The number of hydrogen-bond acceptors (Lipinski definition) is 5. The topological polar surface area (TPSA) is 91.5 Å². The van der Waals surface area contributed by atoms with Gasteiger partial charge in [0.15, 0.2) is 0 Å². The molecule has 1 saturated heterocycles. The first-order valence-corrected chi connectivity index (χ1v) is 8.29. The van der Waals surface area contributed by atoms with Gasteiger partial charge in [0.2, 0.25) is 11.7 Å². The van der Waals surface area contributed by atoms with Crippen molar-refractivity contribution >= 4 is 17.6 Å². The van der Waals surface area contributed by atoms with Gasteiger partial charge in [-0.15, -0.1) is 0 Å². The van der Waals surface area contributed by atoms with Gasteiger partial charge < -0.3 is 19.8 Å². The van der Waals surface area contributed by atoms with E-state index >= 15 is 0 Å². The number of aliphatic hydroxyl groups excluding tert-OH is 1. The molecule has 7 nitrogen and oxygen atoms in total. The molecule has 1 atom stereocenters. The average molecular weight is 351 g/mol. The van der Waals surface area contributed by atoms with E-state index in [1.807, 2.05) is 12.1 Å². The Morgan fingerprint density at radius 3 is 3.04 bits per heavy atom. The summed E-state index contributed by atoms with van der Waals surface area (Å²) in [6, 6.07) is 6.86. The van der Waals surface area contributed by atoms with Crippen molar-refractivity contribution in [1.29, 1.82) is 0 Å². The standard InChI is InChI=1S/C16H19ClN4O3/c17-13-7-2-1-6-12(13)15-19-14(24-20-15)9-18-16(23)21-8-4-3-5-11(21)10-22/h1-2,6-7,11,22H,3-5,8-10H2,(H,18,23)/t11-/m0/s1. The van der Waals surface area contributed by atoms with Crippen LogP contribution in [-0.4, -0.2) is 45.4 Å². The van der Waals surface area contributed by atoms with Crippen LogP contribution in [0.3, 0.4) is 0 Å². The highest BCUT2D eigenvalue weighted by molar-refractivity contribution is 6.33. The van der Waals surface area contributed by atoms with Crippen LogP contribution in [0.5, 0.6) is 0 Å². The van der Waals surface area contributed by atoms with Gasteiger partial charge in [0.05, 0.1) is 24.2 Å². The number of hydrogen-bond donors (Lipinski definition) is 2. The quantitative estimate of drug-likeness (QED) is 0.883. The number of likely N-dealkylation sites (tertiary alicyclic amines) is 1. The molecule has 24 heavy (non-hydrogen) atoms. The molecule has 1 aromatic heterocycles. The van der Waals surface area contributed by atoms with Crippen LogP contribution in [0.2, 0.25) is 5.02 Å². The van der Waals surface area contributed by atoms with Crippen LogP contribution in [0.4, 0.5) is 4.79 Å². The Morgan fingerprint density at radius 2 is 2.25 bits per heavy atom. The Morgan fingerprint density at radius 1 is 1.42 bits per heavy atom. The first-order chi connectivity index (χ1) is 11.7. The van der Waals surface area contributed by atoms with Gasteiger partial charge in [-0.2, -0.15) is 4.98 Å². The van der Waals surface area contributed by atoms with Gasteiger partial charge >= 0.3 is 6.03 Å². The van der Waals surface area contributed by atoms with Crippen LogP contribution in [0.1, 0.15) is 25.2 Å². The number of carbonyl (C=O) groups excluding carboxylic acids is 1. The van der Waals surface area contributed by atoms with Crippen molar-refractivity contribution in [1.82, 2.24) is 20.4 Å². The Balaban J connectivity index is 1.61. The molecule has 0 aliphatic carbocycles. The molecule has 8 heteroatoms. The fraction of sp³-hybridized carbons (Fsp3) is 0.438. The summed E-state index contributed by atoms with van der Waals surface area (Å²) in [6.45, 7) is 0.751. The summed E-state index contributed by atoms with van der Waals surface area (Å²) in [7, 11) is 0. The third-order valence-corrected chi connectivity index (χ3v) is 4.40. The molecule has 0 unspecified atom stereocenters. The molecule has 2 N–H and O–H groups in total. The van der Waals surface area contributed by atoms with Gasteiger partial charge in [-0.05, 0) is 31.4 Å². The van der Waals surface area contributed by atoms with Crippen LogP contribution in [-0.2, 0) is 6.54 Å². The van der Waals surface area contributed by atoms with Crippen molar-refractivity contribution in [3.05, 3.63) is 35.2 Å². The number of aromatic nitrogens is 2. The van der Waals surface area contributed by atoms with Crippen molar-refractivity contribution in [2.45, 2.75) is 31.8 Å². The van der Waals surface area contributed by atoms with Crippen LogP contribution in [0.25, 0.3) is 11.4 Å². The minimum Gasteiger partial charge on any atom is -0.394 e. The highest BCUT2D eigenvalue weighted by Gasteiger charge is 2.26. The summed E-state index contributed by atoms with van der Waals surface area (Å²) in [5.74, 6) is 0.687. The largest absolute Gasteiger partial charge is 0.394 e. The molecule has 3 rings (SSSR count). The fourth-order valence-corrected chi connectivity index (χ4v) is 3.01. The third kappa shape index (κ3) is 3.68. The Bertz CT molecular complexity index is 706. The molecule has 128 valence electrons. The lowest BCUT2D eigenvalue weighted by Crippen LogP contribution is -2.49. The summed E-state index contributed by atoms with van der Waals surface area (Å²) >= 11 is 6.11. The smallest absolute Gasteiger partial charge is 0.318 e. The fourth-order valence-electron chi connectivity index (χ4n) is 2.79. The van der Waals surface area contributed by atoms with Crippen LogP contribution in [0, 0.1) is 0 Å². The zero-order valence-corrected chi connectivity index (χ0v) is 13.9. The Hall–Kier alpha value is -2.12. The summed E-state index contributed by atoms with van der Waals surface area (Å²) in [6.07, 6.45) is 2.79. The summed E-state index contributed by atoms with van der Waals surface area (Å²) in [5, 5.41) is 16.6. The molecular weight excluding hydrogens is 332 g/mol. The van der Waals surface area contributed by atoms with E-state index in [9.17, 15) is 9.90 Å². The van der Waals surface area contributed by atoms with Crippen LogP contribution >= 0.6 is 11.6 Å². The highest BCUT2D eigenvalue weighted by Crippen LogP contribution is 2.24. The molecule has 0 radical (unpaired) electrons. The molecule has 0 bridgehead atoms. The van der Waals surface area contributed by atoms with Crippen molar-refractivity contribution < 1.29 is 14.4 Å². The van der Waals surface area contributed by atoms with Gasteiger partial charge in [-0.1, -0.05) is 28.9 Å². The van der Waals surface area contributed by atoms with Gasteiger partial charge in [-0.25, -0.2) is 4.79 Å². The first kappa shape index (κ1) is 16.7. The van der Waals surface area contributed by atoms with Gasteiger partial charge in [-0.3, -0.25) is 0 Å². The van der Waals surface area contributed by atoms with Crippen LogP contribution < -0.4 is 5.32 Å². The molecule has 2 amide bonds. The lowest BCUT2D eigenvalue weighted by Gasteiger charge is -2.34. The summed E-state index contributed by atoms with van der Waals surface area (Å²) in [5.41, 5.74) is 0.678. The lowest BCUT2D eigenvalue weighted by atomic mass is 10.0. The average Bonchev–Trinajstić information content (AvgIpc) is 3.08. The molecule has 0 saturated carbocycles. The Kier molecular flexibility index (Phi) is 5.32. The molecule has 1 fully saturated rings. The summed E-state index contributed by atoms with van der Waals surface area (Å²) < 4.78 is 5.16. The van der Waals surface area contributed by atoms with E-state index in [1.165, 1.54) is 0 Å². The predicted molar refractivity (Wildman–Crippen MR) is 88.4 cm³/mol. The van der Waals surface area contributed by atoms with E-state index < -0.39 is 0 Å². The molecule has 0 spiro atoms. The van der Waals surface area contributed by atoms with Crippen LogP contribution in [0.15, 0.2) is 28.8 Å². The predicted octanol–water partition coefficient (Wildman–Crippen LogP) is 2.45. The first-order valence-electron chi connectivity index (χ1n) is 7.92. The second-order valence-corrected chi connectivity index (χ2v) is 6.08. The zero-order valence-electron chi connectivity index (χ0n) is 13.1. The molecule has 1 aliphatic heterocycles. The van der Waals surface area contributed by atoms with Gasteiger partial charge in [0, 0.05) is 12.1 Å². The van der Waals surface area contributed by atoms with Crippen molar-refractivity contribution in [2.24, 2.45) is 0 Å². The highest BCUT2D eigenvalue weighted by atomic mass is 35.5. The number of urea groups is 1. The van der Waals surface area contributed by atoms with Crippen molar-refractivity contribution in [3.63, 3.8) is 0 Å². The monoisotopic (exact) mass is 350 g/mol. The number of aliphatic hydroxyl groups is 1.